The van der Waals surface area contributed by atoms with Gasteiger partial charge in [0.2, 0.25) is 11.8 Å². The molecular formula is C31H31N7O3. The van der Waals surface area contributed by atoms with Gasteiger partial charge in [-0.1, -0.05) is 24.3 Å². The van der Waals surface area contributed by atoms with Crippen LogP contribution < -0.4 is 24.4 Å². The number of hydrogen-bond acceptors (Lipinski definition) is 10. The van der Waals surface area contributed by atoms with Gasteiger partial charge in [0.25, 0.3) is 0 Å². The van der Waals surface area contributed by atoms with Gasteiger partial charge in [-0.05, 0) is 60.5 Å². The highest BCUT2D eigenvalue weighted by Crippen LogP contribution is 2.28. The molecule has 0 unspecified atom stereocenters. The van der Waals surface area contributed by atoms with Crippen molar-refractivity contribution in [2.75, 3.05) is 31.5 Å². The van der Waals surface area contributed by atoms with Crippen molar-refractivity contribution in [3.63, 3.8) is 0 Å². The van der Waals surface area contributed by atoms with Crippen molar-refractivity contribution in [2.45, 2.75) is 20.0 Å². The highest BCUT2D eigenvalue weighted by Gasteiger charge is 2.17. The maximum absolute atomic E-state index is 5.34. The summed E-state index contributed by atoms with van der Waals surface area (Å²) >= 11 is 0. The number of ether oxygens (including phenoxy) is 3. The molecule has 1 N–H and O–H groups in total. The Labute approximate surface area is 239 Å². The Balaban J connectivity index is 1.50. The molecule has 5 rings (SSSR count). The van der Waals surface area contributed by atoms with Crippen molar-refractivity contribution < 1.29 is 14.2 Å². The van der Waals surface area contributed by atoms with Gasteiger partial charge in [0.15, 0.2) is 5.82 Å². The smallest absolute Gasteiger partial charge is 0.229 e. The highest BCUT2D eigenvalue weighted by molar-refractivity contribution is 5.74. The van der Waals surface area contributed by atoms with Gasteiger partial charge in [-0.3, -0.25) is 0 Å². The molecule has 0 aliphatic heterocycles. The number of aryl methyl sites for hydroxylation is 1. The molecule has 41 heavy (non-hydrogen) atoms. The molecule has 0 radical (unpaired) electrons. The number of nitrogens with zero attached hydrogens (tertiary/aromatic N) is 6. The summed E-state index contributed by atoms with van der Waals surface area (Å²) in [5, 5.41) is 3.32. The summed E-state index contributed by atoms with van der Waals surface area (Å²) in [6.07, 6.45) is 3.41. The molecule has 0 fully saturated rings. The topological polar surface area (TPSA) is 107 Å². The van der Waals surface area contributed by atoms with Crippen molar-refractivity contribution in [1.82, 2.24) is 24.9 Å². The first-order valence-electron chi connectivity index (χ1n) is 13.0. The first-order chi connectivity index (χ1) is 20.0. The molecule has 0 saturated carbocycles. The SMILES string of the molecule is COc1ccc(CN(Cc2ccc(OC)cc2)c2nc(C)nc(-c3cccnc3Nc3ccc(OC)nc3)n2)cc1. The van der Waals surface area contributed by atoms with Crippen LogP contribution in [0.1, 0.15) is 17.0 Å². The van der Waals surface area contributed by atoms with E-state index in [1.54, 1.807) is 39.8 Å². The molecule has 2 aromatic carbocycles. The van der Waals surface area contributed by atoms with Gasteiger partial charge in [0.1, 0.15) is 23.1 Å². The van der Waals surface area contributed by atoms with Crippen molar-refractivity contribution >= 4 is 17.5 Å². The van der Waals surface area contributed by atoms with E-state index in [0.29, 0.717) is 42.4 Å². The van der Waals surface area contributed by atoms with Crippen molar-refractivity contribution in [1.29, 1.82) is 0 Å². The minimum Gasteiger partial charge on any atom is -0.497 e. The summed E-state index contributed by atoms with van der Waals surface area (Å²) in [7, 11) is 4.90. The zero-order chi connectivity index (χ0) is 28.6. The number of nitrogens with one attached hydrogen (secondary N) is 1. The normalized spacial score (nSPS) is 10.6. The molecule has 0 saturated heterocycles. The molecule has 0 bridgehead atoms. The Hall–Kier alpha value is -5.25. The van der Waals surface area contributed by atoms with E-state index in [9.17, 15) is 0 Å². The van der Waals surface area contributed by atoms with Gasteiger partial charge in [-0.25, -0.2) is 15.0 Å². The zero-order valence-corrected chi connectivity index (χ0v) is 23.4. The minimum atomic E-state index is 0.513. The highest BCUT2D eigenvalue weighted by atomic mass is 16.5. The van der Waals surface area contributed by atoms with E-state index in [1.165, 1.54) is 0 Å². The molecule has 10 heteroatoms. The summed E-state index contributed by atoms with van der Waals surface area (Å²) in [5.74, 6) is 4.41. The van der Waals surface area contributed by atoms with Crippen LogP contribution in [0.3, 0.4) is 0 Å². The largest absolute Gasteiger partial charge is 0.497 e. The Morgan fingerprint density at radius 1 is 0.707 bits per heavy atom. The van der Waals surface area contributed by atoms with Gasteiger partial charge in [0, 0.05) is 25.4 Å². The summed E-state index contributed by atoms with van der Waals surface area (Å²) in [4.78, 5) is 25.3. The average molecular weight is 550 g/mol. The lowest BCUT2D eigenvalue weighted by Crippen LogP contribution is -2.25. The fourth-order valence-corrected chi connectivity index (χ4v) is 4.23. The first kappa shape index (κ1) is 27.3. The molecule has 0 spiro atoms. The standard InChI is InChI=1S/C31H31N7O3/c1-21-34-30(27-6-5-17-32-29(27)36-24-11-16-28(41-4)33-18-24)37-31(35-21)38(19-22-7-12-25(39-2)13-8-22)20-23-9-14-26(40-3)15-10-23/h5-18H,19-20H2,1-4H3,(H,32,36). The summed E-state index contributed by atoms with van der Waals surface area (Å²) in [6, 6.07) is 23.4. The molecule has 0 aliphatic carbocycles. The van der Waals surface area contributed by atoms with E-state index in [2.05, 4.69) is 25.2 Å². The van der Waals surface area contributed by atoms with Crippen LogP contribution in [0.2, 0.25) is 0 Å². The second-order valence-corrected chi connectivity index (χ2v) is 9.17. The van der Waals surface area contributed by atoms with Gasteiger partial charge in [0.05, 0.1) is 38.8 Å². The molecule has 10 nitrogen and oxygen atoms in total. The summed E-state index contributed by atoms with van der Waals surface area (Å²) < 4.78 is 15.9. The van der Waals surface area contributed by atoms with Crippen LogP contribution in [0.25, 0.3) is 11.4 Å². The Bertz CT molecular complexity index is 1530. The quantitative estimate of drug-likeness (QED) is 0.223. The molecular weight excluding hydrogens is 518 g/mol. The molecule has 3 aromatic heterocycles. The number of aromatic nitrogens is 5. The zero-order valence-electron chi connectivity index (χ0n) is 23.4. The monoisotopic (exact) mass is 549 g/mol. The number of rotatable bonds is 11. The molecule has 208 valence electrons. The van der Waals surface area contributed by atoms with E-state index >= 15 is 0 Å². The summed E-state index contributed by atoms with van der Waals surface area (Å²) in [5.41, 5.74) is 3.69. The van der Waals surface area contributed by atoms with Crippen LogP contribution in [-0.4, -0.2) is 46.2 Å². The van der Waals surface area contributed by atoms with E-state index in [-0.39, 0.29) is 0 Å². The first-order valence-corrected chi connectivity index (χ1v) is 13.0. The molecule has 0 aliphatic rings. The molecule has 0 atom stereocenters. The summed E-state index contributed by atoms with van der Waals surface area (Å²) in [6.45, 7) is 3.02. The second kappa shape index (κ2) is 12.7. The Kier molecular flexibility index (Phi) is 8.49. The third kappa shape index (κ3) is 6.85. The lowest BCUT2D eigenvalue weighted by molar-refractivity contribution is 0.398. The van der Waals surface area contributed by atoms with E-state index in [0.717, 1.165) is 33.9 Å². The third-order valence-electron chi connectivity index (χ3n) is 6.34. The van der Waals surface area contributed by atoms with Crippen LogP contribution in [0.4, 0.5) is 17.5 Å². The van der Waals surface area contributed by atoms with E-state index in [1.807, 2.05) is 73.7 Å². The molecule has 3 heterocycles. The predicted molar refractivity (Wildman–Crippen MR) is 158 cm³/mol. The average Bonchev–Trinajstić information content (AvgIpc) is 3.02. The fraction of sp³-hybridized carbons (Fsp3) is 0.194. The minimum absolute atomic E-state index is 0.513. The van der Waals surface area contributed by atoms with Crippen LogP contribution in [0.15, 0.2) is 85.2 Å². The Morgan fingerprint density at radius 2 is 1.37 bits per heavy atom. The van der Waals surface area contributed by atoms with Crippen molar-refractivity contribution in [3.05, 3.63) is 102 Å². The van der Waals surface area contributed by atoms with E-state index in [4.69, 9.17) is 24.2 Å². The molecule has 5 aromatic rings. The lowest BCUT2D eigenvalue weighted by Gasteiger charge is -2.24. The molecule has 0 amide bonds. The number of benzene rings is 2. The maximum Gasteiger partial charge on any atom is 0.229 e. The lowest BCUT2D eigenvalue weighted by atomic mass is 10.1. The van der Waals surface area contributed by atoms with Crippen LogP contribution in [-0.2, 0) is 13.1 Å². The number of methoxy groups -OCH3 is 3. The van der Waals surface area contributed by atoms with Crippen LogP contribution in [0.5, 0.6) is 17.4 Å². The van der Waals surface area contributed by atoms with Gasteiger partial charge in [-0.15, -0.1) is 0 Å². The van der Waals surface area contributed by atoms with Gasteiger partial charge < -0.3 is 24.4 Å². The van der Waals surface area contributed by atoms with E-state index < -0.39 is 0 Å². The van der Waals surface area contributed by atoms with Crippen molar-refractivity contribution in [3.8, 4) is 28.8 Å². The maximum atomic E-state index is 5.34. The number of hydrogen-bond donors (Lipinski definition) is 1. The number of pyridine rings is 2. The number of anilines is 3. The van der Waals surface area contributed by atoms with Crippen molar-refractivity contribution in [2.24, 2.45) is 0 Å². The van der Waals surface area contributed by atoms with Crippen LogP contribution in [0, 0.1) is 6.92 Å². The Morgan fingerprint density at radius 3 is 1.93 bits per heavy atom. The van der Waals surface area contributed by atoms with Crippen LogP contribution >= 0.6 is 0 Å². The fourth-order valence-electron chi connectivity index (χ4n) is 4.23. The van der Waals surface area contributed by atoms with Gasteiger partial charge >= 0.3 is 0 Å². The van der Waals surface area contributed by atoms with Gasteiger partial charge in [-0.2, -0.15) is 9.97 Å². The second-order valence-electron chi connectivity index (χ2n) is 9.17. The third-order valence-corrected chi connectivity index (χ3v) is 6.34. The predicted octanol–water partition coefficient (Wildman–Crippen LogP) is 5.61.